The van der Waals surface area contributed by atoms with Crippen molar-refractivity contribution in [3.05, 3.63) is 66.2 Å². The number of pyridine rings is 1. The molecule has 0 radical (unpaired) electrons. The molecule has 0 aliphatic carbocycles. The van der Waals surface area contributed by atoms with E-state index < -0.39 is 0 Å². The molecule has 4 rings (SSSR count). The van der Waals surface area contributed by atoms with Crippen molar-refractivity contribution in [2.45, 2.75) is 13.0 Å². The third kappa shape index (κ3) is 4.46. The van der Waals surface area contributed by atoms with E-state index >= 15 is 0 Å². The molecule has 7 heteroatoms. The Morgan fingerprint density at radius 3 is 2.55 bits per heavy atom. The van der Waals surface area contributed by atoms with Gasteiger partial charge in [-0.25, -0.2) is 0 Å². The Morgan fingerprint density at radius 2 is 1.86 bits per heavy atom. The van der Waals surface area contributed by atoms with E-state index in [-0.39, 0.29) is 11.9 Å². The van der Waals surface area contributed by atoms with Crippen molar-refractivity contribution in [1.29, 1.82) is 0 Å². The average Bonchev–Trinajstić information content (AvgIpc) is 3.21. The summed E-state index contributed by atoms with van der Waals surface area (Å²) in [5.41, 5.74) is 4.58. The fourth-order valence-electron chi connectivity index (χ4n) is 3.45. The first-order chi connectivity index (χ1) is 14.1. The molecule has 1 aliphatic heterocycles. The summed E-state index contributed by atoms with van der Waals surface area (Å²) in [6.45, 7) is 5.33. The van der Waals surface area contributed by atoms with Crippen LogP contribution in [0.2, 0.25) is 0 Å². The number of hydrogen-bond acceptors (Lipinski definition) is 5. The Kier molecular flexibility index (Phi) is 5.57. The number of carbonyl (C=O) groups is 1. The number of morpholine rings is 1. The maximum atomic E-state index is 12.7. The van der Waals surface area contributed by atoms with Crippen LogP contribution in [0, 0.1) is 0 Å². The number of nitrogens with zero attached hydrogens (tertiary/aromatic N) is 4. The number of aryl methyl sites for hydroxylation is 1. The van der Waals surface area contributed by atoms with Crippen LogP contribution >= 0.6 is 0 Å². The largest absolute Gasteiger partial charge is 0.378 e. The molecule has 2 aromatic heterocycles. The van der Waals surface area contributed by atoms with Crippen molar-refractivity contribution in [2.75, 3.05) is 31.2 Å². The van der Waals surface area contributed by atoms with E-state index in [0.29, 0.717) is 5.56 Å². The van der Waals surface area contributed by atoms with Gasteiger partial charge < -0.3 is 15.0 Å². The number of carbonyl (C=O) groups excluding carboxylic acids is 1. The van der Waals surface area contributed by atoms with E-state index in [1.165, 1.54) is 5.69 Å². The fourth-order valence-corrected chi connectivity index (χ4v) is 3.45. The molecule has 0 spiro atoms. The summed E-state index contributed by atoms with van der Waals surface area (Å²) in [5.74, 6) is -0.145. The molecule has 1 aromatic carbocycles. The summed E-state index contributed by atoms with van der Waals surface area (Å²) in [6, 6.07) is 10.1. The van der Waals surface area contributed by atoms with E-state index in [9.17, 15) is 4.79 Å². The summed E-state index contributed by atoms with van der Waals surface area (Å²) in [4.78, 5) is 19.3. The highest BCUT2D eigenvalue weighted by atomic mass is 16.5. The van der Waals surface area contributed by atoms with Gasteiger partial charge >= 0.3 is 0 Å². The van der Waals surface area contributed by atoms with Crippen LogP contribution in [0.15, 0.2) is 55.1 Å². The third-order valence-electron chi connectivity index (χ3n) is 5.16. The minimum atomic E-state index is -0.145. The first kappa shape index (κ1) is 19.1. The van der Waals surface area contributed by atoms with Crippen molar-refractivity contribution >= 4 is 11.6 Å². The van der Waals surface area contributed by atoms with E-state index in [0.717, 1.165) is 43.0 Å². The molecule has 7 nitrogen and oxygen atoms in total. The van der Waals surface area contributed by atoms with Gasteiger partial charge in [0, 0.05) is 55.5 Å². The zero-order valence-electron chi connectivity index (χ0n) is 16.7. The standard InChI is InChI=1S/C22H25N5O2/c1-16(17-3-5-21(6-4-17)27-7-9-29-10-8-27)25-22(28)19-11-18(12-23-13-19)20-14-24-26(2)15-20/h3-6,11-16H,7-10H2,1-2H3,(H,25,28). The Hall–Kier alpha value is -3.19. The van der Waals surface area contributed by atoms with Crippen LogP contribution in [0.4, 0.5) is 5.69 Å². The summed E-state index contributed by atoms with van der Waals surface area (Å²) in [7, 11) is 1.86. The second kappa shape index (κ2) is 8.45. The molecular weight excluding hydrogens is 366 g/mol. The predicted octanol–water partition coefficient (Wildman–Crippen LogP) is 2.81. The highest BCUT2D eigenvalue weighted by Gasteiger charge is 2.15. The molecule has 0 bridgehead atoms. The SMILES string of the molecule is CC(NC(=O)c1cncc(-c2cnn(C)c2)c1)c1ccc(N2CCOCC2)cc1. The van der Waals surface area contributed by atoms with Crippen LogP contribution in [0.1, 0.15) is 28.9 Å². The lowest BCUT2D eigenvalue weighted by molar-refractivity contribution is 0.0939. The lowest BCUT2D eigenvalue weighted by Gasteiger charge is -2.29. The van der Waals surface area contributed by atoms with Gasteiger partial charge in [0.15, 0.2) is 0 Å². The monoisotopic (exact) mass is 391 g/mol. The zero-order valence-corrected chi connectivity index (χ0v) is 16.7. The lowest BCUT2D eigenvalue weighted by Crippen LogP contribution is -2.36. The molecule has 1 fully saturated rings. The van der Waals surface area contributed by atoms with Crippen molar-refractivity contribution in [3.63, 3.8) is 0 Å². The highest BCUT2D eigenvalue weighted by Crippen LogP contribution is 2.22. The van der Waals surface area contributed by atoms with Gasteiger partial charge in [0.2, 0.25) is 0 Å². The van der Waals surface area contributed by atoms with E-state index in [4.69, 9.17) is 4.74 Å². The molecule has 1 N–H and O–H groups in total. The van der Waals surface area contributed by atoms with Gasteiger partial charge in [-0.3, -0.25) is 14.5 Å². The summed E-state index contributed by atoms with van der Waals surface area (Å²) in [5, 5.41) is 7.24. The highest BCUT2D eigenvalue weighted by molar-refractivity contribution is 5.95. The quantitative estimate of drug-likeness (QED) is 0.724. The first-order valence-electron chi connectivity index (χ1n) is 9.78. The van der Waals surface area contributed by atoms with Gasteiger partial charge in [-0.15, -0.1) is 0 Å². The predicted molar refractivity (Wildman–Crippen MR) is 112 cm³/mol. The third-order valence-corrected chi connectivity index (χ3v) is 5.16. The smallest absolute Gasteiger partial charge is 0.253 e. The van der Waals surface area contributed by atoms with Crippen molar-refractivity contribution in [1.82, 2.24) is 20.1 Å². The molecule has 0 saturated carbocycles. The van der Waals surface area contributed by atoms with Gasteiger partial charge in [0.1, 0.15) is 0 Å². The van der Waals surface area contributed by atoms with Crippen molar-refractivity contribution in [2.24, 2.45) is 7.05 Å². The second-order valence-corrected chi connectivity index (χ2v) is 7.25. The minimum Gasteiger partial charge on any atom is -0.378 e. The van der Waals surface area contributed by atoms with Gasteiger partial charge in [0.05, 0.1) is 31.0 Å². The Bertz CT molecular complexity index is 977. The number of anilines is 1. The summed E-state index contributed by atoms with van der Waals surface area (Å²) >= 11 is 0. The summed E-state index contributed by atoms with van der Waals surface area (Å²) < 4.78 is 7.13. The maximum Gasteiger partial charge on any atom is 0.253 e. The van der Waals surface area contributed by atoms with E-state index in [2.05, 4.69) is 44.6 Å². The van der Waals surface area contributed by atoms with Crippen LogP contribution in [0.3, 0.4) is 0 Å². The average molecular weight is 391 g/mol. The van der Waals surface area contributed by atoms with Gasteiger partial charge in [-0.1, -0.05) is 12.1 Å². The van der Waals surface area contributed by atoms with Crippen LogP contribution in [-0.2, 0) is 11.8 Å². The number of ether oxygens (including phenoxy) is 1. The van der Waals surface area contributed by atoms with Gasteiger partial charge in [-0.2, -0.15) is 5.10 Å². The number of aromatic nitrogens is 3. The molecule has 150 valence electrons. The number of benzene rings is 1. The maximum absolute atomic E-state index is 12.7. The Morgan fingerprint density at radius 1 is 1.10 bits per heavy atom. The zero-order chi connectivity index (χ0) is 20.2. The van der Waals surface area contributed by atoms with Crippen molar-refractivity contribution < 1.29 is 9.53 Å². The molecule has 1 aliphatic rings. The van der Waals surface area contributed by atoms with Crippen molar-refractivity contribution in [3.8, 4) is 11.1 Å². The molecule has 1 atom stereocenters. The summed E-state index contributed by atoms with van der Waals surface area (Å²) in [6.07, 6.45) is 6.99. The van der Waals surface area contributed by atoms with Crippen LogP contribution in [0.5, 0.6) is 0 Å². The Labute approximate surface area is 170 Å². The molecule has 1 unspecified atom stereocenters. The van der Waals surface area contributed by atoms with E-state index in [1.54, 1.807) is 23.3 Å². The normalized spacial score (nSPS) is 15.2. The van der Waals surface area contributed by atoms with Gasteiger partial charge in [-0.05, 0) is 30.7 Å². The molecule has 3 aromatic rings. The minimum absolute atomic E-state index is 0.108. The fraction of sp³-hybridized carbons (Fsp3) is 0.318. The topological polar surface area (TPSA) is 72.3 Å². The number of hydrogen-bond donors (Lipinski definition) is 1. The van der Waals surface area contributed by atoms with Crippen LogP contribution in [-0.4, -0.2) is 47.0 Å². The number of rotatable bonds is 5. The molecule has 3 heterocycles. The molecule has 29 heavy (non-hydrogen) atoms. The lowest BCUT2D eigenvalue weighted by atomic mass is 10.1. The molecule has 1 saturated heterocycles. The molecule has 1 amide bonds. The Balaban J connectivity index is 1.43. The van der Waals surface area contributed by atoms with E-state index in [1.807, 2.05) is 26.2 Å². The number of nitrogens with one attached hydrogen (secondary N) is 1. The number of amides is 1. The van der Waals surface area contributed by atoms with Crippen LogP contribution in [0.25, 0.3) is 11.1 Å². The second-order valence-electron chi connectivity index (χ2n) is 7.25. The first-order valence-corrected chi connectivity index (χ1v) is 9.78. The van der Waals surface area contributed by atoms with Crippen LogP contribution < -0.4 is 10.2 Å². The molecular formula is C22H25N5O2. The van der Waals surface area contributed by atoms with Gasteiger partial charge in [0.25, 0.3) is 5.91 Å².